The molecule has 1 aromatic carbocycles. The summed E-state index contributed by atoms with van der Waals surface area (Å²) < 4.78 is 38.3. The third kappa shape index (κ3) is 3.92. The van der Waals surface area contributed by atoms with Crippen molar-refractivity contribution >= 4 is 23.5 Å². The molecule has 128 valence electrons. The zero-order valence-electron chi connectivity index (χ0n) is 12.9. The minimum absolute atomic E-state index is 0.136. The Bertz CT molecular complexity index is 582. The molecule has 2 atom stereocenters. The van der Waals surface area contributed by atoms with E-state index in [9.17, 15) is 23.1 Å². The lowest BCUT2D eigenvalue weighted by molar-refractivity contribution is -0.253. The van der Waals surface area contributed by atoms with Crippen LogP contribution in [0.2, 0.25) is 0 Å². The number of rotatable bonds is 3. The molecular weight excluding hydrogens is 329 g/mol. The second-order valence-electron chi connectivity index (χ2n) is 5.63. The van der Waals surface area contributed by atoms with Crippen LogP contribution in [0.3, 0.4) is 0 Å². The quantitative estimate of drug-likeness (QED) is 0.877. The summed E-state index contributed by atoms with van der Waals surface area (Å²) >= 11 is 1.65. The SMILES string of the molecule is CSC(C)c1cccc(NC(=O)N2CCC(O)(C(F)(F)F)C2)c1. The van der Waals surface area contributed by atoms with Gasteiger partial charge >= 0.3 is 12.2 Å². The number of likely N-dealkylation sites (tertiary alicyclic amines) is 1. The molecule has 4 nitrogen and oxygen atoms in total. The molecule has 1 fully saturated rings. The fourth-order valence-corrected chi connectivity index (χ4v) is 2.83. The maximum absolute atomic E-state index is 12.8. The van der Waals surface area contributed by atoms with E-state index in [2.05, 4.69) is 5.32 Å². The van der Waals surface area contributed by atoms with Crippen LogP contribution >= 0.6 is 11.8 Å². The number of thioether (sulfide) groups is 1. The van der Waals surface area contributed by atoms with Gasteiger partial charge in [-0.2, -0.15) is 24.9 Å². The molecule has 2 unspecified atom stereocenters. The van der Waals surface area contributed by atoms with Gasteiger partial charge < -0.3 is 15.3 Å². The maximum Gasteiger partial charge on any atom is 0.419 e. The summed E-state index contributed by atoms with van der Waals surface area (Å²) in [7, 11) is 0. The number of amides is 2. The third-order valence-electron chi connectivity index (χ3n) is 4.02. The van der Waals surface area contributed by atoms with Gasteiger partial charge in [0.15, 0.2) is 5.60 Å². The molecule has 2 amide bonds. The Balaban J connectivity index is 2.04. The van der Waals surface area contributed by atoms with Crippen molar-refractivity contribution in [2.75, 3.05) is 24.7 Å². The van der Waals surface area contributed by atoms with Gasteiger partial charge in [-0.1, -0.05) is 12.1 Å². The summed E-state index contributed by atoms with van der Waals surface area (Å²) in [6.07, 6.45) is -3.28. The molecule has 1 aliphatic rings. The highest BCUT2D eigenvalue weighted by Gasteiger charge is 2.57. The molecule has 0 saturated carbocycles. The van der Waals surface area contributed by atoms with E-state index in [1.54, 1.807) is 30.0 Å². The standard InChI is InChI=1S/C15H19F3N2O2S/c1-10(23-2)11-4-3-5-12(8-11)19-13(21)20-7-6-14(22,9-20)15(16,17)18/h3-5,8,10,22H,6-7,9H2,1-2H3,(H,19,21). The zero-order valence-corrected chi connectivity index (χ0v) is 13.7. The average Bonchev–Trinajstić information content (AvgIpc) is 2.90. The first-order valence-corrected chi connectivity index (χ1v) is 8.43. The normalized spacial score (nSPS) is 23.0. The van der Waals surface area contributed by atoms with Crippen LogP contribution in [0.1, 0.15) is 24.2 Å². The van der Waals surface area contributed by atoms with Gasteiger partial charge in [0.1, 0.15) is 0 Å². The minimum Gasteiger partial charge on any atom is -0.379 e. The lowest BCUT2D eigenvalue weighted by Crippen LogP contribution is -2.48. The number of nitrogens with zero attached hydrogens (tertiary/aromatic N) is 1. The van der Waals surface area contributed by atoms with Gasteiger partial charge in [-0.3, -0.25) is 0 Å². The molecule has 1 aromatic rings. The summed E-state index contributed by atoms with van der Waals surface area (Å²) in [4.78, 5) is 13.1. The number of β-amino-alcohol motifs (C(OH)–C–C–N with tert-alkyl or cyclic N) is 1. The highest BCUT2D eigenvalue weighted by Crippen LogP contribution is 2.37. The summed E-state index contributed by atoms with van der Waals surface area (Å²) in [5, 5.41) is 12.4. The van der Waals surface area contributed by atoms with Crippen molar-refractivity contribution in [1.29, 1.82) is 0 Å². The Labute approximate surface area is 137 Å². The number of carbonyl (C=O) groups is 1. The highest BCUT2D eigenvalue weighted by molar-refractivity contribution is 7.98. The monoisotopic (exact) mass is 348 g/mol. The number of benzene rings is 1. The Morgan fingerprint density at radius 2 is 2.17 bits per heavy atom. The van der Waals surface area contributed by atoms with E-state index >= 15 is 0 Å². The fourth-order valence-electron chi connectivity index (χ4n) is 2.41. The number of hydrogen-bond acceptors (Lipinski definition) is 3. The molecule has 23 heavy (non-hydrogen) atoms. The first-order valence-electron chi connectivity index (χ1n) is 7.14. The van der Waals surface area contributed by atoms with Crippen molar-refractivity contribution in [3.8, 4) is 0 Å². The summed E-state index contributed by atoms with van der Waals surface area (Å²) in [6.45, 7) is 1.14. The van der Waals surface area contributed by atoms with Crippen molar-refractivity contribution in [1.82, 2.24) is 4.90 Å². The van der Waals surface area contributed by atoms with Gasteiger partial charge in [0.05, 0.1) is 6.54 Å². The summed E-state index contributed by atoms with van der Waals surface area (Å²) in [6, 6.07) is 6.55. The van der Waals surface area contributed by atoms with Gasteiger partial charge in [0.2, 0.25) is 0 Å². The molecule has 0 bridgehead atoms. The first kappa shape index (κ1) is 17.9. The van der Waals surface area contributed by atoms with Crippen LogP contribution in [-0.4, -0.2) is 47.2 Å². The number of nitrogens with one attached hydrogen (secondary N) is 1. The number of aliphatic hydroxyl groups is 1. The second kappa shape index (κ2) is 6.60. The van der Waals surface area contributed by atoms with E-state index in [0.29, 0.717) is 5.69 Å². The van der Waals surface area contributed by atoms with E-state index < -0.39 is 30.8 Å². The van der Waals surface area contributed by atoms with Crippen LogP contribution in [0.4, 0.5) is 23.7 Å². The zero-order chi connectivity index (χ0) is 17.3. The number of alkyl halides is 3. The Kier molecular flexibility index (Phi) is 5.15. The number of halogens is 3. The second-order valence-corrected chi connectivity index (χ2v) is 6.81. The van der Waals surface area contributed by atoms with E-state index in [0.717, 1.165) is 10.5 Å². The number of carbonyl (C=O) groups excluding carboxylic acids is 1. The highest BCUT2D eigenvalue weighted by atomic mass is 32.2. The molecule has 0 aromatic heterocycles. The molecule has 2 rings (SSSR count). The molecule has 2 N–H and O–H groups in total. The van der Waals surface area contributed by atoms with E-state index in [4.69, 9.17) is 0 Å². The van der Waals surface area contributed by atoms with E-state index in [1.165, 1.54) is 0 Å². The fraction of sp³-hybridized carbons (Fsp3) is 0.533. The Hall–Kier alpha value is -1.41. The lowest BCUT2D eigenvalue weighted by atomic mass is 10.0. The molecular formula is C15H19F3N2O2S. The van der Waals surface area contributed by atoms with Gasteiger partial charge in [-0.15, -0.1) is 0 Å². The van der Waals surface area contributed by atoms with Crippen molar-refractivity contribution in [2.24, 2.45) is 0 Å². The largest absolute Gasteiger partial charge is 0.419 e. The third-order valence-corrected chi connectivity index (χ3v) is 5.00. The smallest absolute Gasteiger partial charge is 0.379 e. The van der Waals surface area contributed by atoms with Crippen molar-refractivity contribution < 1.29 is 23.1 Å². The van der Waals surface area contributed by atoms with Crippen LogP contribution in [0.15, 0.2) is 24.3 Å². The van der Waals surface area contributed by atoms with Gasteiger partial charge in [-0.05, 0) is 30.9 Å². The summed E-state index contributed by atoms with van der Waals surface area (Å²) in [5.74, 6) is 0. The summed E-state index contributed by atoms with van der Waals surface area (Å²) in [5.41, 5.74) is -1.28. The molecule has 1 aliphatic heterocycles. The number of hydrogen-bond donors (Lipinski definition) is 2. The predicted octanol–water partition coefficient (Wildman–Crippen LogP) is 3.64. The lowest BCUT2D eigenvalue weighted by Gasteiger charge is -2.26. The Morgan fingerprint density at radius 3 is 2.74 bits per heavy atom. The van der Waals surface area contributed by atoms with Crippen LogP contribution in [0, 0.1) is 0 Å². The first-order chi connectivity index (χ1) is 10.7. The topological polar surface area (TPSA) is 52.6 Å². The van der Waals surface area contributed by atoms with Crippen molar-refractivity contribution in [3.63, 3.8) is 0 Å². The van der Waals surface area contributed by atoms with Crippen LogP contribution in [0.5, 0.6) is 0 Å². The van der Waals surface area contributed by atoms with Crippen LogP contribution in [0.25, 0.3) is 0 Å². The van der Waals surface area contributed by atoms with Crippen LogP contribution in [-0.2, 0) is 0 Å². The number of urea groups is 1. The van der Waals surface area contributed by atoms with Gasteiger partial charge in [0.25, 0.3) is 0 Å². The van der Waals surface area contributed by atoms with Gasteiger partial charge in [-0.25, -0.2) is 4.79 Å². The molecule has 0 aliphatic carbocycles. The molecule has 0 radical (unpaired) electrons. The van der Waals surface area contributed by atoms with Crippen molar-refractivity contribution in [3.05, 3.63) is 29.8 Å². The maximum atomic E-state index is 12.8. The molecule has 1 heterocycles. The van der Waals surface area contributed by atoms with Crippen LogP contribution < -0.4 is 5.32 Å². The van der Waals surface area contributed by atoms with E-state index in [1.807, 2.05) is 19.2 Å². The molecule has 8 heteroatoms. The molecule has 0 spiro atoms. The average molecular weight is 348 g/mol. The molecule has 1 saturated heterocycles. The van der Waals surface area contributed by atoms with Gasteiger partial charge in [0, 0.05) is 23.9 Å². The van der Waals surface area contributed by atoms with E-state index in [-0.39, 0.29) is 11.8 Å². The minimum atomic E-state index is -4.74. The predicted molar refractivity (Wildman–Crippen MR) is 84.6 cm³/mol. The van der Waals surface area contributed by atoms with Crippen molar-refractivity contribution in [2.45, 2.75) is 30.4 Å². The number of anilines is 1. The Morgan fingerprint density at radius 1 is 1.48 bits per heavy atom.